The molecule has 238 valence electrons. The quantitative estimate of drug-likeness (QED) is 0.184. The van der Waals surface area contributed by atoms with Crippen LogP contribution in [0.15, 0.2) is 158 Å². The first-order chi connectivity index (χ1) is 27.7. The lowest BCUT2D eigenvalue weighted by Gasteiger charge is -2.11. The SMILES string of the molecule is [2H]c1cc([2H])c2c(c1[2H])c1c([2H])c([2H])cc([2H])c1n2-c1cccc2sc3cc(-c4nc(-c5ccccc5)nc(-c5cccc6sc7ccccc7c56)n4)ccc3c12. The van der Waals surface area contributed by atoms with Gasteiger partial charge < -0.3 is 4.57 Å². The molecule has 0 aliphatic heterocycles. The van der Waals surface area contributed by atoms with Crippen LogP contribution in [0.3, 0.4) is 0 Å². The summed E-state index contributed by atoms with van der Waals surface area (Å²) in [5.74, 6) is 1.70. The van der Waals surface area contributed by atoms with Gasteiger partial charge in [-0.05, 0) is 42.4 Å². The zero-order valence-corrected chi connectivity index (χ0v) is 28.3. The van der Waals surface area contributed by atoms with Crippen LogP contribution in [-0.4, -0.2) is 19.5 Å². The Labute approximate surface area is 309 Å². The van der Waals surface area contributed by atoms with Crippen LogP contribution < -0.4 is 0 Å². The Morgan fingerprint density at radius 3 is 1.88 bits per heavy atom. The molecule has 0 unspecified atom stereocenters. The Bertz CT molecular complexity index is 3430. The zero-order valence-electron chi connectivity index (χ0n) is 32.7. The van der Waals surface area contributed by atoms with Crippen LogP contribution in [0.2, 0.25) is 0 Å². The predicted molar refractivity (Wildman–Crippen MR) is 216 cm³/mol. The van der Waals surface area contributed by atoms with Gasteiger partial charge >= 0.3 is 0 Å². The lowest BCUT2D eigenvalue weighted by Crippen LogP contribution is -2.00. The molecule has 0 aliphatic rings. The van der Waals surface area contributed by atoms with Crippen molar-refractivity contribution >= 4 is 84.8 Å². The number of nitrogens with zero attached hydrogens (tertiary/aromatic N) is 4. The van der Waals surface area contributed by atoms with Crippen molar-refractivity contribution in [3.8, 4) is 39.9 Å². The molecular formula is C45H26N4S2. The molecule has 7 aromatic carbocycles. The van der Waals surface area contributed by atoms with Crippen molar-refractivity contribution in [2.45, 2.75) is 0 Å². The smallest absolute Gasteiger partial charge is 0.164 e. The normalized spacial score (nSPS) is 13.6. The van der Waals surface area contributed by atoms with Crippen LogP contribution in [0.4, 0.5) is 0 Å². The summed E-state index contributed by atoms with van der Waals surface area (Å²) in [7, 11) is 0. The van der Waals surface area contributed by atoms with Gasteiger partial charge in [0.25, 0.3) is 0 Å². The minimum absolute atomic E-state index is 0.0114. The van der Waals surface area contributed by atoms with E-state index in [4.69, 9.17) is 23.2 Å². The lowest BCUT2D eigenvalue weighted by molar-refractivity contribution is 1.08. The number of fused-ring (bicyclic) bond motifs is 9. The van der Waals surface area contributed by atoms with E-state index in [-0.39, 0.29) is 47.0 Å². The Hall–Kier alpha value is -6.21. The predicted octanol–water partition coefficient (Wildman–Crippen LogP) is 12.7. The molecule has 0 aliphatic carbocycles. The number of rotatable bonds is 4. The minimum Gasteiger partial charge on any atom is -0.309 e. The molecule has 11 rings (SSSR count). The monoisotopic (exact) mass is 692 g/mol. The second-order valence-corrected chi connectivity index (χ2v) is 14.5. The fourth-order valence-corrected chi connectivity index (χ4v) is 9.49. The highest BCUT2D eigenvalue weighted by molar-refractivity contribution is 7.26. The summed E-state index contributed by atoms with van der Waals surface area (Å²) in [6, 6.07) is 38.8. The van der Waals surface area contributed by atoms with Crippen molar-refractivity contribution < 1.29 is 8.22 Å². The van der Waals surface area contributed by atoms with Crippen molar-refractivity contribution in [3.63, 3.8) is 0 Å². The fraction of sp³-hybridized carbons (Fsp3) is 0. The Kier molecular flexibility index (Phi) is 5.08. The van der Waals surface area contributed by atoms with Crippen LogP contribution >= 0.6 is 22.7 Å². The van der Waals surface area contributed by atoms with Crippen molar-refractivity contribution in [2.75, 3.05) is 0 Å². The summed E-state index contributed by atoms with van der Waals surface area (Å²) in [4.78, 5) is 15.2. The van der Waals surface area contributed by atoms with E-state index in [0.29, 0.717) is 34.2 Å². The van der Waals surface area contributed by atoms with Gasteiger partial charge in [-0.3, -0.25) is 0 Å². The summed E-state index contributed by atoms with van der Waals surface area (Å²) in [5.41, 5.74) is 4.00. The standard InChI is InChI=1S/C45H26N4S2/c1-2-12-27(13-3-1)43-46-44(48-45(47-43)33-17-10-22-38-41(33)31-16-6-9-21-37(31)50-38)28-24-25-32-40(26-28)51-39-23-11-20-36(42(32)39)49-34-18-7-4-14-29(34)30-15-5-8-19-35(30)49/h1-26H/i4D,5D,14D,15D,18D,19D. The third-order valence-electron chi connectivity index (χ3n) is 9.41. The average molecular weight is 693 g/mol. The van der Waals surface area contributed by atoms with Gasteiger partial charge in [0, 0.05) is 67.8 Å². The van der Waals surface area contributed by atoms with Crippen LogP contribution in [-0.2, 0) is 0 Å². The van der Waals surface area contributed by atoms with Gasteiger partial charge in [0.15, 0.2) is 17.5 Å². The Morgan fingerprint density at radius 2 is 1.08 bits per heavy atom. The highest BCUT2D eigenvalue weighted by Crippen LogP contribution is 2.43. The molecule has 0 radical (unpaired) electrons. The number of hydrogen-bond donors (Lipinski definition) is 0. The minimum atomic E-state index is -0.142. The lowest BCUT2D eigenvalue weighted by atomic mass is 10.1. The van der Waals surface area contributed by atoms with Crippen molar-refractivity contribution in [3.05, 3.63) is 158 Å². The molecule has 51 heavy (non-hydrogen) atoms. The zero-order chi connectivity index (χ0) is 38.7. The van der Waals surface area contributed by atoms with E-state index < -0.39 is 0 Å². The molecule has 0 atom stereocenters. The van der Waals surface area contributed by atoms with E-state index >= 15 is 0 Å². The molecule has 6 heteroatoms. The molecule has 0 spiro atoms. The van der Waals surface area contributed by atoms with E-state index in [1.807, 2.05) is 54.6 Å². The molecule has 0 fully saturated rings. The summed E-state index contributed by atoms with van der Waals surface area (Å²) in [6.07, 6.45) is 0. The molecule has 0 saturated heterocycles. The van der Waals surface area contributed by atoms with E-state index in [1.54, 1.807) is 27.2 Å². The van der Waals surface area contributed by atoms with Crippen LogP contribution in [0.1, 0.15) is 8.22 Å². The van der Waals surface area contributed by atoms with Gasteiger partial charge in [0.2, 0.25) is 0 Å². The van der Waals surface area contributed by atoms with Crippen molar-refractivity contribution in [1.82, 2.24) is 19.5 Å². The third kappa shape index (κ3) is 4.40. The summed E-state index contributed by atoms with van der Waals surface area (Å²) >= 11 is 3.36. The van der Waals surface area contributed by atoms with Crippen LogP contribution in [0, 0.1) is 0 Å². The molecule has 11 aromatic rings. The number of aromatic nitrogens is 4. The van der Waals surface area contributed by atoms with E-state index in [9.17, 15) is 0 Å². The first kappa shape index (κ1) is 23.2. The van der Waals surface area contributed by atoms with E-state index in [1.165, 1.54) is 16.8 Å². The molecule has 0 amide bonds. The molecule has 4 heterocycles. The topological polar surface area (TPSA) is 43.6 Å². The van der Waals surface area contributed by atoms with Gasteiger partial charge in [0.05, 0.1) is 24.9 Å². The summed E-state index contributed by atoms with van der Waals surface area (Å²) in [5, 5.41) is 4.59. The molecular weight excluding hydrogens is 661 g/mol. The second-order valence-electron chi connectivity index (χ2n) is 12.3. The van der Waals surface area contributed by atoms with Gasteiger partial charge in [-0.25, -0.2) is 15.0 Å². The Balaban J connectivity index is 1.15. The second kappa shape index (κ2) is 11.2. The summed E-state index contributed by atoms with van der Waals surface area (Å²) < 4.78 is 58.6. The molecule has 0 bridgehead atoms. The van der Waals surface area contributed by atoms with Gasteiger partial charge in [-0.2, -0.15) is 0 Å². The number of thiophene rings is 2. The van der Waals surface area contributed by atoms with Crippen molar-refractivity contribution in [1.29, 1.82) is 0 Å². The van der Waals surface area contributed by atoms with Crippen LogP contribution in [0.25, 0.3) is 102 Å². The maximum absolute atomic E-state index is 9.00. The van der Waals surface area contributed by atoms with Gasteiger partial charge in [-0.15, -0.1) is 22.7 Å². The van der Waals surface area contributed by atoms with E-state index in [0.717, 1.165) is 52.3 Å². The first-order valence-electron chi connectivity index (χ1n) is 19.4. The van der Waals surface area contributed by atoms with E-state index in [2.05, 4.69) is 54.6 Å². The highest BCUT2D eigenvalue weighted by atomic mass is 32.1. The van der Waals surface area contributed by atoms with Crippen LogP contribution in [0.5, 0.6) is 0 Å². The molecule has 0 N–H and O–H groups in total. The number of benzene rings is 7. The third-order valence-corrected chi connectivity index (χ3v) is 11.7. The summed E-state index contributed by atoms with van der Waals surface area (Å²) in [6.45, 7) is 0. The molecule has 4 aromatic heterocycles. The van der Waals surface area contributed by atoms with Crippen molar-refractivity contribution in [2.24, 2.45) is 0 Å². The Morgan fingerprint density at radius 1 is 0.451 bits per heavy atom. The van der Waals surface area contributed by atoms with Gasteiger partial charge in [-0.1, -0.05) is 115 Å². The molecule has 4 nitrogen and oxygen atoms in total. The molecule has 0 saturated carbocycles. The number of para-hydroxylation sites is 2. The average Bonchev–Trinajstić information content (AvgIpc) is 3.92. The maximum Gasteiger partial charge on any atom is 0.164 e. The number of hydrogen-bond acceptors (Lipinski definition) is 5. The largest absolute Gasteiger partial charge is 0.309 e. The highest BCUT2D eigenvalue weighted by Gasteiger charge is 2.19. The maximum atomic E-state index is 9.00. The first-order valence-corrected chi connectivity index (χ1v) is 18.1. The van der Waals surface area contributed by atoms with Gasteiger partial charge in [0.1, 0.15) is 0 Å². The fourth-order valence-electron chi connectivity index (χ4n) is 7.19.